The van der Waals surface area contributed by atoms with Gasteiger partial charge in [-0.2, -0.15) is 11.3 Å². The van der Waals surface area contributed by atoms with Gasteiger partial charge in [-0.05, 0) is 35.2 Å². The Morgan fingerprint density at radius 3 is 3.11 bits per heavy atom. The number of halogens is 1. The molecule has 1 aliphatic rings. The number of thiophene rings is 1. The van der Waals surface area contributed by atoms with Crippen LogP contribution in [-0.2, 0) is 0 Å². The highest BCUT2D eigenvalue weighted by molar-refractivity contribution is 7.07. The predicted octanol–water partition coefficient (Wildman–Crippen LogP) is 3.17. The van der Waals surface area contributed by atoms with Crippen molar-refractivity contribution in [2.75, 3.05) is 6.54 Å². The lowest BCUT2D eigenvalue weighted by molar-refractivity contribution is 0.0729. The molecule has 1 unspecified atom stereocenters. The minimum absolute atomic E-state index is 0.0938. The summed E-state index contributed by atoms with van der Waals surface area (Å²) >= 11 is 7.44. The second-order valence-corrected chi connectivity index (χ2v) is 5.61. The third kappa shape index (κ3) is 2.48. The Morgan fingerprint density at radius 2 is 2.37 bits per heavy atom. The van der Waals surface area contributed by atoms with Crippen LogP contribution in [0.4, 0.5) is 0 Å². The van der Waals surface area contributed by atoms with Crippen LogP contribution in [0.5, 0.6) is 0 Å². The molecule has 2 aromatic heterocycles. The van der Waals surface area contributed by atoms with Crippen molar-refractivity contribution in [3.05, 3.63) is 45.6 Å². The van der Waals surface area contributed by atoms with Gasteiger partial charge in [0.25, 0.3) is 5.91 Å². The Bertz CT molecular complexity index is 587. The van der Waals surface area contributed by atoms with E-state index in [9.17, 15) is 4.79 Å². The fraction of sp³-hybridized carbons (Fsp3) is 0.308. The zero-order valence-electron chi connectivity index (χ0n) is 10.1. The summed E-state index contributed by atoms with van der Waals surface area (Å²) < 4.78 is 0. The first-order chi connectivity index (χ1) is 9.25. The standard InChI is InChI=1S/C13H12ClN3OS/c14-12-7-15-6-10(16-12)13(18)17-4-1-2-11(17)9-3-5-19-8-9/h3,5-8,11H,1-2,4H2. The van der Waals surface area contributed by atoms with Crippen LogP contribution in [0.3, 0.4) is 0 Å². The first-order valence-electron chi connectivity index (χ1n) is 6.06. The number of hydrogen-bond acceptors (Lipinski definition) is 4. The van der Waals surface area contributed by atoms with Gasteiger partial charge in [0.2, 0.25) is 0 Å². The Kier molecular flexibility index (Phi) is 3.48. The van der Waals surface area contributed by atoms with Gasteiger partial charge in [-0.15, -0.1) is 0 Å². The molecule has 0 spiro atoms. The van der Waals surface area contributed by atoms with Crippen LogP contribution >= 0.6 is 22.9 Å². The van der Waals surface area contributed by atoms with Gasteiger partial charge in [0.05, 0.1) is 18.4 Å². The maximum absolute atomic E-state index is 12.5. The number of nitrogens with zero attached hydrogens (tertiary/aromatic N) is 3. The van der Waals surface area contributed by atoms with Crippen molar-refractivity contribution in [3.8, 4) is 0 Å². The number of carbonyl (C=O) groups is 1. The smallest absolute Gasteiger partial charge is 0.274 e. The molecule has 1 atom stereocenters. The molecule has 1 saturated heterocycles. The van der Waals surface area contributed by atoms with Crippen LogP contribution in [0, 0.1) is 0 Å². The summed E-state index contributed by atoms with van der Waals surface area (Å²) in [4.78, 5) is 22.3. The summed E-state index contributed by atoms with van der Waals surface area (Å²) in [6.07, 6.45) is 4.91. The molecule has 0 saturated carbocycles. The van der Waals surface area contributed by atoms with Crippen molar-refractivity contribution in [2.24, 2.45) is 0 Å². The molecule has 1 fully saturated rings. The Hall–Kier alpha value is -1.46. The van der Waals surface area contributed by atoms with Gasteiger partial charge < -0.3 is 4.90 Å². The number of rotatable bonds is 2. The van der Waals surface area contributed by atoms with Gasteiger partial charge in [-0.25, -0.2) is 4.98 Å². The van der Waals surface area contributed by atoms with E-state index in [1.807, 2.05) is 10.3 Å². The van der Waals surface area contributed by atoms with Gasteiger partial charge in [-0.3, -0.25) is 9.78 Å². The molecule has 3 rings (SSSR count). The molecule has 3 heterocycles. The Balaban J connectivity index is 1.87. The summed E-state index contributed by atoms with van der Waals surface area (Å²) in [7, 11) is 0. The summed E-state index contributed by atoms with van der Waals surface area (Å²) in [6, 6.07) is 2.23. The van der Waals surface area contributed by atoms with E-state index in [4.69, 9.17) is 11.6 Å². The average molecular weight is 294 g/mol. The number of hydrogen-bond donors (Lipinski definition) is 0. The maximum Gasteiger partial charge on any atom is 0.274 e. The Morgan fingerprint density at radius 1 is 1.47 bits per heavy atom. The van der Waals surface area contributed by atoms with Gasteiger partial charge in [0.15, 0.2) is 0 Å². The van der Waals surface area contributed by atoms with Crippen LogP contribution in [0.1, 0.15) is 34.9 Å². The second kappa shape index (κ2) is 5.27. The second-order valence-electron chi connectivity index (χ2n) is 4.44. The molecule has 6 heteroatoms. The van der Waals surface area contributed by atoms with Gasteiger partial charge >= 0.3 is 0 Å². The molecule has 1 amide bonds. The molecule has 1 aliphatic heterocycles. The lowest BCUT2D eigenvalue weighted by atomic mass is 10.1. The quantitative estimate of drug-likeness (QED) is 0.854. The molecule has 0 aliphatic carbocycles. The zero-order valence-corrected chi connectivity index (χ0v) is 11.7. The molecular weight excluding hydrogens is 282 g/mol. The number of amides is 1. The van der Waals surface area contributed by atoms with Crippen molar-refractivity contribution in [3.63, 3.8) is 0 Å². The maximum atomic E-state index is 12.5. The van der Waals surface area contributed by atoms with Crippen LogP contribution in [0.15, 0.2) is 29.2 Å². The molecule has 4 nitrogen and oxygen atoms in total. The summed E-state index contributed by atoms with van der Waals surface area (Å²) in [6.45, 7) is 0.757. The lowest BCUT2D eigenvalue weighted by Gasteiger charge is -2.23. The largest absolute Gasteiger partial charge is 0.330 e. The van der Waals surface area contributed by atoms with Crippen molar-refractivity contribution < 1.29 is 4.79 Å². The molecule has 98 valence electrons. The van der Waals surface area contributed by atoms with Crippen LogP contribution in [-0.4, -0.2) is 27.3 Å². The molecule has 0 radical (unpaired) electrons. The highest BCUT2D eigenvalue weighted by Crippen LogP contribution is 2.33. The van der Waals surface area contributed by atoms with Crippen LogP contribution < -0.4 is 0 Å². The third-order valence-electron chi connectivity index (χ3n) is 3.27. The normalized spacial score (nSPS) is 18.8. The van der Waals surface area contributed by atoms with Crippen molar-refractivity contribution in [1.29, 1.82) is 0 Å². The van der Waals surface area contributed by atoms with Crippen molar-refractivity contribution in [2.45, 2.75) is 18.9 Å². The predicted molar refractivity (Wildman–Crippen MR) is 74.4 cm³/mol. The van der Waals surface area contributed by atoms with E-state index in [1.54, 1.807) is 11.3 Å². The van der Waals surface area contributed by atoms with Gasteiger partial charge in [0, 0.05) is 6.54 Å². The molecule has 0 aromatic carbocycles. The van der Waals surface area contributed by atoms with E-state index in [0.717, 1.165) is 19.4 Å². The first kappa shape index (κ1) is 12.6. The van der Waals surface area contributed by atoms with E-state index in [1.165, 1.54) is 18.0 Å². The van der Waals surface area contributed by atoms with E-state index in [2.05, 4.69) is 21.4 Å². The minimum Gasteiger partial charge on any atom is -0.330 e. The van der Waals surface area contributed by atoms with E-state index >= 15 is 0 Å². The van der Waals surface area contributed by atoms with Crippen LogP contribution in [0.25, 0.3) is 0 Å². The summed E-state index contributed by atoms with van der Waals surface area (Å²) in [5, 5.41) is 4.38. The Labute approximate surface area is 120 Å². The monoisotopic (exact) mass is 293 g/mol. The topological polar surface area (TPSA) is 46.1 Å². The number of likely N-dealkylation sites (tertiary alicyclic amines) is 1. The van der Waals surface area contributed by atoms with Gasteiger partial charge in [-0.1, -0.05) is 11.6 Å². The summed E-state index contributed by atoms with van der Waals surface area (Å²) in [5.74, 6) is -0.0938. The van der Waals surface area contributed by atoms with E-state index < -0.39 is 0 Å². The highest BCUT2D eigenvalue weighted by Gasteiger charge is 2.31. The zero-order chi connectivity index (χ0) is 13.2. The first-order valence-corrected chi connectivity index (χ1v) is 7.38. The summed E-state index contributed by atoms with van der Waals surface area (Å²) in [5.41, 5.74) is 1.51. The van der Waals surface area contributed by atoms with E-state index in [0.29, 0.717) is 5.69 Å². The third-order valence-corrected chi connectivity index (χ3v) is 4.15. The molecule has 19 heavy (non-hydrogen) atoms. The fourth-order valence-electron chi connectivity index (χ4n) is 2.41. The molecule has 2 aromatic rings. The number of aromatic nitrogens is 2. The highest BCUT2D eigenvalue weighted by atomic mass is 35.5. The molecule has 0 bridgehead atoms. The molecular formula is C13H12ClN3OS. The average Bonchev–Trinajstić information content (AvgIpc) is 3.08. The van der Waals surface area contributed by atoms with E-state index in [-0.39, 0.29) is 17.1 Å². The van der Waals surface area contributed by atoms with Crippen LogP contribution in [0.2, 0.25) is 5.15 Å². The minimum atomic E-state index is -0.0938. The SMILES string of the molecule is O=C(c1cncc(Cl)n1)N1CCCC1c1ccsc1. The molecule has 0 N–H and O–H groups in total. The van der Waals surface area contributed by atoms with Crippen molar-refractivity contribution in [1.82, 2.24) is 14.9 Å². The lowest BCUT2D eigenvalue weighted by Crippen LogP contribution is -2.31. The van der Waals surface area contributed by atoms with Gasteiger partial charge in [0.1, 0.15) is 10.8 Å². The number of carbonyl (C=O) groups excluding carboxylic acids is 1. The fourth-order valence-corrected chi connectivity index (χ4v) is 3.27. The van der Waals surface area contributed by atoms with Crippen molar-refractivity contribution >= 4 is 28.8 Å².